The molecule has 208 valence electrons. The van der Waals surface area contributed by atoms with Crippen LogP contribution in [0.1, 0.15) is 56.4 Å². The molecular formula is C37H37Cl2NZr. The Labute approximate surface area is 266 Å². The van der Waals surface area contributed by atoms with E-state index in [0.717, 1.165) is 12.8 Å². The summed E-state index contributed by atoms with van der Waals surface area (Å²) in [5, 5.41) is 0. The van der Waals surface area contributed by atoms with Gasteiger partial charge in [-0.2, -0.15) is 0 Å². The van der Waals surface area contributed by atoms with Crippen molar-refractivity contribution in [3.63, 3.8) is 0 Å². The van der Waals surface area contributed by atoms with Crippen LogP contribution in [-0.4, -0.2) is 15.3 Å². The predicted octanol–water partition coefficient (Wildman–Crippen LogP) is 2.25. The van der Waals surface area contributed by atoms with E-state index in [-0.39, 0.29) is 24.8 Å². The smallest absolute Gasteiger partial charge is 1.00 e. The Morgan fingerprint density at radius 3 is 1.83 bits per heavy atom. The summed E-state index contributed by atoms with van der Waals surface area (Å²) >= 11 is -2.74. The third-order valence-corrected chi connectivity index (χ3v) is 15.8. The molecule has 0 fully saturated rings. The molecule has 0 spiro atoms. The van der Waals surface area contributed by atoms with Crippen LogP contribution in [0.3, 0.4) is 0 Å². The average molecular weight is 658 g/mol. The minimum absolute atomic E-state index is 0. The van der Waals surface area contributed by atoms with E-state index < -0.39 is 21.3 Å². The van der Waals surface area contributed by atoms with Crippen LogP contribution >= 0.6 is 0 Å². The maximum absolute atomic E-state index is 2.74. The van der Waals surface area contributed by atoms with Crippen molar-refractivity contribution in [1.29, 1.82) is 0 Å². The van der Waals surface area contributed by atoms with Gasteiger partial charge in [0, 0.05) is 0 Å². The number of allylic oxidation sites excluding steroid dienone is 4. The molecule has 0 bridgehead atoms. The second kappa shape index (κ2) is 13.6. The van der Waals surface area contributed by atoms with Crippen LogP contribution in [0.2, 0.25) is 0 Å². The van der Waals surface area contributed by atoms with Crippen LogP contribution in [0.4, 0.5) is 5.69 Å². The summed E-state index contributed by atoms with van der Waals surface area (Å²) < 4.78 is 4.93. The number of anilines is 1. The summed E-state index contributed by atoms with van der Waals surface area (Å²) in [5.74, 6) is 0. The number of hydrogen-bond acceptors (Lipinski definition) is 1. The molecule has 0 unspecified atom stereocenters. The number of rotatable bonds is 7. The summed E-state index contributed by atoms with van der Waals surface area (Å²) in [7, 11) is 0. The van der Waals surface area contributed by atoms with Gasteiger partial charge in [0.15, 0.2) is 0 Å². The molecule has 0 N–H and O–H groups in total. The quantitative estimate of drug-likeness (QED) is 0.260. The minimum Gasteiger partial charge on any atom is -1.00 e. The normalized spacial score (nSPS) is 12.6. The molecule has 0 atom stereocenters. The molecule has 6 rings (SSSR count). The number of nitrogens with zero attached hydrogens (tertiary/aromatic N) is 1. The number of benzene rings is 4. The van der Waals surface area contributed by atoms with E-state index in [1.165, 1.54) is 33.5 Å². The fourth-order valence-corrected chi connectivity index (χ4v) is 14.9. The first-order chi connectivity index (χ1) is 19.0. The molecule has 2 aliphatic rings. The zero-order chi connectivity index (χ0) is 26.9. The molecule has 0 aromatic heterocycles. The van der Waals surface area contributed by atoms with Crippen LogP contribution in [0.15, 0.2) is 119 Å². The van der Waals surface area contributed by atoms with Gasteiger partial charge in [0.2, 0.25) is 0 Å². The molecule has 1 nitrogen and oxygen atoms in total. The van der Waals surface area contributed by atoms with Gasteiger partial charge in [0.05, 0.1) is 0 Å². The van der Waals surface area contributed by atoms with Gasteiger partial charge in [0.25, 0.3) is 0 Å². The standard InChI is InChI=1S/C19H22N.C13H10.C5H5.2ClH.Zr/c1-13(2)20(14(3)4)17-9-10-19-16(12-17)11-15-7-5-6-8-18(15)19;1-3-7-12(8-4-1)11-13-9-5-2-6-10-13;1-2-4-5-3-1;;;/h5-10,13-14H,11H2,1-4H3;1-10H;1-3H,4H2;2*1H;/q;;;;;+2/p-2. The van der Waals surface area contributed by atoms with Crippen LogP contribution < -0.4 is 33.0 Å². The SMILES string of the molecule is CC(C)N(c1ccc2c([c]1[Zr+2]([C]1=CC=CC1)=[C](c1ccccc1)c1ccccc1)Cc1ccccc1-2)C(C)C.[Cl-].[Cl-]. The van der Waals surface area contributed by atoms with Crippen molar-refractivity contribution in [3.8, 4) is 11.1 Å². The Morgan fingerprint density at radius 2 is 1.27 bits per heavy atom. The summed E-state index contributed by atoms with van der Waals surface area (Å²) in [6, 6.07) is 37.3. The molecular weight excluding hydrogens is 621 g/mol. The van der Waals surface area contributed by atoms with E-state index in [2.05, 4.69) is 148 Å². The maximum atomic E-state index is 2.68. The molecule has 41 heavy (non-hydrogen) atoms. The number of halogens is 2. The van der Waals surface area contributed by atoms with Crippen molar-refractivity contribution in [3.05, 3.63) is 141 Å². The van der Waals surface area contributed by atoms with Gasteiger partial charge in [-0.1, -0.05) is 0 Å². The zero-order valence-electron chi connectivity index (χ0n) is 24.2. The van der Waals surface area contributed by atoms with Crippen LogP contribution in [0, 0.1) is 0 Å². The van der Waals surface area contributed by atoms with E-state index in [4.69, 9.17) is 0 Å². The molecule has 0 saturated heterocycles. The molecule has 4 aromatic rings. The second-order valence-corrected chi connectivity index (χ2v) is 17.1. The topological polar surface area (TPSA) is 3.24 Å². The molecule has 4 aromatic carbocycles. The maximum Gasteiger partial charge on any atom is -1.00 e. The van der Waals surface area contributed by atoms with Crippen LogP contribution in [0.5, 0.6) is 0 Å². The van der Waals surface area contributed by atoms with Gasteiger partial charge in [0.1, 0.15) is 0 Å². The van der Waals surface area contributed by atoms with Crippen molar-refractivity contribution in [2.45, 2.75) is 52.6 Å². The predicted molar refractivity (Wildman–Crippen MR) is 165 cm³/mol. The van der Waals surface area contributed by atoms with Crippen LogP contribution in [-0.2, 0) is 27.7 Å². The summed E-state index contributed by atoms with van der Waals surface area (Å²) in [4.78, 5) is 2.68. The zero-order valence-corrected chi connectivity index (χ0v) is 28.2. The molecule has 4 heteroatoms. The average Bonchev–Trinajstić information content (AvgIpc) is 3.61. The Hall–Kier alpha value is -2.51. The first-order valence-electron chi connectivity index (χ1n) is 14.3. The summed E-state index contributed by atoms with van der Waals surface area (Å²) in [5.41, 5.74) is 10.1. The van der Waals surface area contributed by atoms with Gasteiger partial charge >= 0.3 is 243 Å². The van der Waals surface area contributed by atoms with Gasteiger partial charge in [-0.15, -0.1) is 0 Å². The van der Waals surface area contributed by atoms with Gasteiger partial charge in [-0.25, -0.2) is 0 Å². The monoisotopic (exact) mass is 655 g/mol. The summed E-state index contributed by atoms with van der Waals surface area (Å²) in [6.45, 7) is 9.41. The Bertz CT molecular complexity index is 1550. The van der Waals surface area contributed by atoms with E-state index in [1.54, 1.807) is 15.3 Å². The third kappa shape index (κ3) is 6.03. The number of hydrogen-bond donors (Lipinski definition) is 0. The Kier molecular flexibility index (Phi) is 10.5. The number of fused-ring (bicyclic) bond motifs is 3. The first kappa shape index (κ1) is 31.4. The summed E-state index contributed by atoms with van der Waals surface area (Å²) in [6.07, 6.45) is 9.21. The van der Waals surface area contributed by atoms with Gasteiger partial charge in [-0.3, -0.25) is 0 Å². The molecule has 0 heterocycles. The minimum atomic E-state index is -2.74. The molecule has 0 radical (unpaired) electrons. The van der Waals surface area contributed by atoms with E-state index in [0.29, 0.717) is 12.1 Å². The molecule has 0 saturated carbocycles. The fourth-order valence-electron chi connectivity index (χ4n) is 6.59. The van der Waals surface area contributed by atoms with E-state index in [1.807, 2.05) is 0 Å². The van der Waals surface area contributed by atoms with E-state index in [9.17, 15) is 0 Å². The largest absolute Gasteiger partial charge is 1.00 e. The van der Waals surface area contributed by atoms with Crippen molar-refractivity contribution in [2.75, 3.05) is 4.90 Å². The second-order valence-electron chi connectivity index (χ2n) is 11.2. The fraction of sp³-hybridized carbons (Fsp3) is 0.216. The molecule has 0 amide bonds. The van der Waals surface area contributed by atoms with Crippen molar-refractivity contribution >= 4 is 12.2 Å². The Balaban J connectivity index is 0.00000194. The van der Waals surface area contributed by atoms with E-state index >= 15 is 0 Å². The van der Waals surface area contributed by atoms with Crippen molar-refractivity contribution < 1.29 is 46.1 Å². The van der Waals surface area contributed by atoms with Gasteiger partial charge in [-0.05, 0) is 0 Å². The first-order valence-corrected chi connectivity index (χ1v) is 18.0. The molecule has 0 aliphatic heterocycles. The third-order valence-electron chi connectivity index (χ3n) is 8.07. The van der Waals surface area contributed by atoms with Crippen molar-refractivity contribution in [2.24, 2.45) is 0 Å². The Morgan fingerprint density at radius 1 is 0.683 bits per heavy atom. The van der Waals surface area contributed by atoms with Crippen LogP contribution in [0.25, 0.3) is 11.1 Å². The van der Waals surface area contributed by atoms with Gasteiger partial charge < -0.3 is 24.8 Å². The molecule has 2 aliphatic carbocycles. The van der Waals surface area contributed by atoms with Crippen molar-refractivity contribution in [1.82, 2.24) is 0 Å².